The van der Waals surface area contributed by atoms with Crippen molar-refractivity contribution in [3.8, 4) is 0 Å². The number of carbonyl (C=O) groups is 1. The molecule has 0 bridgehead atoms. The van der Waals surface area contributed by atoms with Crippen molar-refractivity contribution in [2.24, 2.45) is 5.92 Å². The molecular weight excluding hydrogens is 243 g/mol. The Hall–Kier alpha value is -1.42. The van der Waals surface area contributed by atoms with E-state index in [0.29, 0.717) is 12.5 Å². The van der Waals surface area contributed by atoms with E-state index in [9.17, 15) is 9.18 Å². The lowest BCUT2D eigenvalue weighted by atomic mass is 9.94. The summed E-state index contributed by atoms with van der Waals surface area (Å²) in [5, 5.41) is 3.33. The first-order valence-corrected chi connectivity index (χ1v) is 6.89. The molecule has 1 N–H and O–H groups in total. The van der Waals surface area contributed by atoms with Crippen LogP contribution in [0.3, 0.4) is 0 Å². The Bertz CT molecular complexity index is 430. The number of nitrogens with zero attached hydrogens (tertiary/aromatic N) is 1. The Balaban J connectivity index is 1.87. The number of carbonyl (C=O) groups excluding carboxylic acids is 1. The first kappa shape index (κ1) is 14.0. The largest absolute Gasteiger partial charge is 0.342 e. The van der Waals surface area contributed by atoms with Crippen LogP contribution in [0.1, 0.15) is 29.6 Å². The molecule has 0 aromatic heterocycles. The van der Waals surface area contributed by atoms with E-state index in [4.69, 9.17) is 0 Å². The van der Waals surface area contributed by atoms with E-state index in [1.807, 2.05) is 0 Å². The van der Waals surface area contributed by atoms with Crippen LogP contribution in [0.5, 0.6) is 0 Å². The summed E-state index contributed by atoms with van der Waals surface area (Å²) < 4.78 is 13.5. The number of nitrogens with one attached hydrogen (secondary N) is 1. The second kappa shape index (κ2) is 6.66. The van der Waals surface area contributed by atoms with E-state index in [0.717, 1.165) is 19.5 Å². The Kier molecular flexibility index (Phi) is 4.91. The van der Waals surface area contributed by atoms with E-state index < -0.39 is 5.82 Å². The molecule has 1 saturated heterocycles. The molecule has 1 fully saturated rings. The molecule has 1 aromatic carbocycles. The van der Waals surface area contributed by atoms with E-state index >= 15 is 0 Å². The van der Waals surface area contributed by atoms with Crippen LogP contribution in [-0.4, -0.2) is 37.5 Å². The smallest absolute Gasteiger partial charge is 0.256 e. The fraction of sp³-hybridized carbons (Fsp3) is 0.533. The van der Waals surface area contributed by atoms with Crippen molar-refractivity contribution in [3.05, 3.63) is 35.6 Å². The number of hydrogen-bond acceptors (Lipinski definition) is 2. The summed E-state index contributed by atoms with van der Waals surface area (Å²) in [7, 11) is 1.75. The molecular formula is C15H21FN2O. The highest BCUT2D eigenvalue weighted by Crippen LogP contribution is 2.17. The lowest BCUT2D eigenvalue weighted by Gasteiger charge is -2.25. The normalized spacial score (nSPS) is 16.3. The van der Waals surface area contributed by atoms with Gasteiger partial charge in [0, 0.05) is 13.6 Å². The van der Waals surface area contributed by atoms with Crippen LogP contribution < -0.4 is 5.32 Å². The van der Waals surface area contributed by atoms with E-state index in [-0.39, 0.29) is 11.5 Å². The Morgan fingerprint density at radius 1 is 1.37 bits per heavy atom. The monoisotopic (exact) mass is 264 g/mol. The third-order valence-electron chi connectivity index (χ3n) is 3.78. The molecule has 0 radical (unpaired) electrons. The van der Waals surface area contributed by atoms with Crippen LogP contribution in [0.2, 0.25) is 0 Å². The number of benzene rings is 1. The molecule has 2 rings (SSSR count). The predicted molar refractivity (Wildman–Crippen MR) is 73.6 cm³/mol. The maximum Gasteiger partial charge on any atom is 0.256 e. The van der Waals surface area contributed by atoms with Gasteiger partial charge in [0.25, 0.3) is 5.91 Å². The van der Waals surface area contributed by atoms with Gasteiger partial charge in [-0.2, -0.15) is 0 Å². The Morgan fingerprint density at radius 3 is 2.74 bits per heavy atom. The second-order valence-corrected chi connectivity index (χ2v) is 5.19. The highest BCUT2D eigenvalue weighted by molar-refractivity contribution is 5.94. The number of amides is 1. The van der Waals surface area contributed by atoms with Crippen molar-refractivity contribution in [2.75, 3.05) is 26.7 Å². The average molecular weight is 264 g/mol. The van der Waals surface area contributed by atoms with Gasteiger partial charge < -0.3 is 10.2 Å². The highest BCUT2D eigenvalue weighted by Gasteiger charge is 2.18. The van der Waals surface area contributed by atoms with E-state index in [1.165, 1.54) is 18.9 Å². The zero-order valence-electron chi connectivity index (χ0n) is 11.4. The summed E-state index contributed by atoms with van der Waals surface area (Å²) in [6.45, 7) is 2.82. The van der Waals surface area contributed by atoms with Gasteiger partial charge >= 0.3 is 0 Å². The lowest BCUT2D eigenvalue weighted by molar-refractivity contribution is 0.0780. The molecule has 104 valence electrons. The average Bonchev–Trinajstić information content (AvgIpc) is 2.45. The Labute approximate surface area is 113 Å². The summed E-state index contributed by atoms with van der Waals surface area (Å²) in [5.74, 6) is 0.00497. The zero-order chi connectivity index (χ0) is 13.7. The fourth-order valence-electron chi connectivity index (χ4n) is 2.49. The molecule has 1 amide bonds. The minimum atomic E-state index is -0.443. The summed E-state index contributed by atoms with van der Waals surface area (Å²) in [4.78, 5) is 13.7. The maximum absolute atomic E-state index is 13.5. The molecule has 0 atom stereocenters. The Morgan fingerprint density at radius 2 is 2.05 bits per heavy atom. The topological polar surface area (TPSA) is 32.3 Å². The van der Waals surface area contributed by atoms with Gasteiger partial charge in [-0.3, -0.25) is 4.79 Å². The third-order valence-corrected chi connectivity index (χ3v) is 3.78. The standard InChI is InChI=1S/C15H21FN2O/c1-18(11-8-12-6-9-17-10-7-12)15(19)13-4-2-3-5-14(13)16/h2-5,12,17H,6-11H2,1H3. The minimum Gasteiger partial charge on any atom is -0.342 e. The first-order chi connectivity index (χ1) is 9.18. The van der Waals surface area contributed by atoms with E-state index in [1.54, 1.807) is 30.1 Å². The van der Waals surface area contributed by atoms with Gasteiger partial charge in [0.2, 0.25) is 0 Å². The van der Waals surface area contributed by atoms with Gasteiger partial charge in [-0.1, -0.05) is 12.1 Å². The molecule has 0 spiro atoms. The number of piperidine rings is 1. The number of halogens is 1. The molecule has 4 heteroatoms. The fourth-order valence-corrected chi connectivity index (χ4v) is 2.49. The van der Waals surface area contributed by atoms with Crippen LogP contribution in [0.15, 0.2) is 24.3 Å². The molecule has 1 aliphatic heterocycles. The molecule has 1 heterocycles. The predicted octanol–water partition coefficient (Wildman–Crippen LogP) is 2.29. The molecule has 0 unspecified atom stereocenters. The second-order valence-electron chi connectivity index (χ2n) is 5.19. The summed E-state index contributed by atoms with van der Waals surface area (Å²) in [6.07, 6.45) is 3.34. The molecule has 0 aliphatic carbocycles. The summed E-state index contributed by atoms with van der Waals surface area (Å²) >= 11 is 0. The number of hydrogen-bond donors (Lipinski definition) is 1. The lowest BCUT2D eigenvalue weighted by Crippen LogP contribution is -2.33. The van der Waals surface area contributed by atoms with Gasteiger partial charge in [0.05, 0.1) is 5.56 Å². The van der Waals surface area contributed by atoms with Crippen molar-refractivity contribution in [2.45, 2.75) is 19.3 Å². The van der Waals surface area contributed by atoms with Crippen LogP contribution in [-0.2, 0) is 0 Å². The first-order valence-electron chi connectivity index (χ1n) is 6.89. The maximum atomic E-state index is 13.5. The van der Waals surface area contributed by atoms with Crippen molar-refractivity contribution < 1.29 is 9.18 Å². The van der Waals surface area contributed by atoms with Crippen LogP contribution in [0, 0.1) is 11.7 Å². The van der Waals surface area contributed by atoms with Crippen molar-refractivity contribution in [1.29, 1.82) is 0 Å². The highest BCUT2D eigenvalue weighted by atomic mass is 19.1. The third kappa shape index (κ3) is 3.77. The van der Waals surface area contributed by atoms with Crippen LogP contribution in [0.25, 0.3) is 0 Å². The molecule has 0 saturated carbocycles. The van der Waals surface area contributed by atoms with Crippen molar-refractivity contribution in [3.63, 3.8) is 0 Å². The van der Waals surface area contributed by atoms with Gasteiger partial charge in [0.15, 0.2) is 0 Å². The quantitative estimate of drug-likeness (QED) is 0.905. The van der Waals surface area contributed by atoms with Gasteiger partial charge in [-0.05, 0) is 50.4 Å². The van der Waals surface area contributed by atoms with Crippen LogP contribution >= 0.6 is 0 Å². The summed E-state index contributed by atoms with van der Waals surface area (Å²) in [6, 6.07) is 6.16. The van der Waals surface area contributed by atoms with Crippen molar-refractivity contribution in [1.82, 2.24) is 10.2 Å². The molecule has 1 aromatic rings. The summed E-state index contributed by atoms with van der Waals surface area (Å²) in [5.41, 5.74) is 0.162. The van der Waals surface area contributed by atoms with Gasteiger partial charge in [0.1, 0.15) is 5.82 Å². The minimum absolute atomic E-state index is 0.162. The molecule has 19 heavy (non-hydrogen) atoms. The number of rotatable bonds is 4. The molecule has 1 aliphatic rings. The zero-order valence-corrected chi connectivity index (χ0v) is 11.4. The molecule has 3 nitrogen and oxygen atoms in total. The SMILES string of the molecule is CN(CCC1CCNCC1)C(=O)c1ccccc1F. The van der Waals surface area contributed by atoms with E-state index in [2.05, 4.69) is 5.32 Å². The van der Waals surface area contributed by atoms with Crippen molar-refractivity contribution >= 4 is 5.91 Å². The van der Waals surface area contributed by atoms with Gasteiger partial charge in [-0.15, -0.1) is 0 Å². The van der Waals surface area contributed by atoms with Gasteiger partial charge in [-0.25, -0.2) is 4.39 Å². The van der Waals surface area contributed by atoms with Crippen LogP contribution in [0.4, 0.5) is 4.39 Å².